The first kappa shape index (κ1) is 23.4. The van der Waals surface area contributed by atoms with Crippen molar-refractivity contribution >= 4 is 38.7 Å². The lowest BCUT2D eigenvalue weighted by Crippen LogP contribution is -2.42. The molecule has 0 radical (unpaired) electrons. The van der Waals surface area contributed by atoms with E-state index in [4.69, 9.17) is 4.74 Å². The average molecular weight is 461 g/mol. The van der Waals surface area contributed by atoms with Crippen LogP contribution in [0.15, 0.2) is 30.3 Å². The Bertz CT molecular complexity index is 1310. The molecule has 0 fully saturated rings. The molecule has 2 aromatic carbocycles. The van der Waals surface area contributed by atoms with Gasteiger partial charge in [-0.05, 0) is 25.1 Å². The zero-order chi connectivity index (χ0) is 24.0. The van der Waals surface area contributed by atoms with Gasteiger partial charge < -0.3 is 9.29 Å². The van der Waals surface area contributed by atoms with Crippen LogP contribution >= 0.6 is 0 Å². The molecule has 1 aromatic heterocycles. The second kappa shape index (κ2) is 8.34. The van der Waals surface area contributed by atoms with Crippen LogP contribution in [0.5, 0.6) is 5.75 Å². The molecule has 11 heteroatoms. The number of aromatic nitrogens is 2. The summed E-state index contributed by atoms with van der Waals surface area (Å²) >= 11 is 0. The summed E-state index contributed by atoms with van der Waals surface area (Å²) < 4.78 is 40.3. The van der Waals surface area contributed by atoms with E-state index in [1.807, 2.05) is 49.4 Å². The smallest absolute Gasteiger partial charge is 0.266 e. The van der Waals surface area contributed by atoms with Gasteiger partial charge >= 0.3 is 0 Å². The van der Waals surface area contributed by atoms with Gasteiger partial charge in [0.05, 0.1) is 21.3 Å². The second-order valence-electron chi connectivity index (χ2n) is 7.13. The third kappa shape index (κ3) is 3.74. The largest absolute Gasteiger partial charge is 0.726 e. The Balaban J connectivity index is 0.000000427. The number of anilines is 1. The quantitative estimate of drug-likeness (QED) is 0.251. The van der Waals surface area contributed by atoms with Crippen molar-refractivity contribution in [2.24, 2.45) is 14.1 Å². The molecular weight excluding hydrogens is 438 g/mol. The van der Waals surface area contributed by atoms with Crippen molar-refractivity contribution in [1.29, 1.82) is 0 Å². The van der Waals surface area contributed by atoms with Gasteiger partial charge in [0.25, 0.3) is 11.8 Å². The molecule has 4 rings (SSSR count). The molecule has 0 atom stereocenters. The Labute approximate surface area is 185 Å². The van der Waals surface area contributed by atoms with Crippen LogP contribution in [-0.2, 0) is 28.7 Å². The minimum atomic E-state index is -4.41. The first-order valence-electron chi connectivity index (χ1n) is 9.46. The standard InChI is InChI=1S/C20H20N3O3.CH4O4S/c1-11-18(12(2)22(4)21(11)3)23-19(24)14-8-6-7-13-16(26-5)10-9-15(17(13)14)20(23)25;1-5-6(2,3)4/h6-10H,1-5H3;1H3,(H,2,3,4)/q+1;/p-1. The molecule has 0 N–H and O–H groups in total. The molecule has 0 unspecified atom stereocenters. The Kier molecular flexibility index (Phi) is 6.09. The predicted molar refractivity (Wildman–Crippen MR) is 114 cm³/mol. The summed E-state index contributed by atoms with van der Waals surface area (Å²) in [6.45, 7) is 3.82. The molecule has 1 aliphatic rings. The van der Waals surface area contributed by atoms with E-state index in [0.29, 0.717) is 28.0 Å². The summed E-state index contributed by atoms with van der Waals surface area (Å²) in [5.41, 5.74) is 3.39. The molecule has 0 aliphatic carbocycles. The van der Waals surface area contributed by atoms with Crippen LogP contribution in [0, 0.1) is 13.8 Å². The van der Waals surface area contributed by atoms with E-state index in [0.717, 1.165) is 23.9 Å². The molecule has 32 heavy (non-hydrogen) atoms. The SMILES string of the molecule is COS(=O)(=O)[O-].COc1ccc2c3c(cccc13)C(=O)N(c1c(C)n(C)[n+](C)c1C)C2=O. The summed E-state index contributed by atoms with van der Waals surface area (Å²) in [7, 11) is 1.79. The van der Waals surface area contributed by atoms with Gasteiger partial charge in [-0.1, -0.05) is 12.1 Å². The third-order valence-corrected chi connectivity index (χ3v) is 6.03. The molecule has 1 aliphatic heterocycles. The number of ether oxygens (including phenoxy) is 1. The van der Waals surface area contributed by atoms with Crippen molar-refractivity contribution in [2.75, 3.05) is 19.1 Å². The number of amides is 2. The maximum atomic E-state index is 13.3. The average Bonchev–Trinajstić information content (AvgIpc) is 2.95. The van der Waals surface area contributed by atoms with E-state index < -0.39 is 10.4 Å². The van der Waals surface area contributed by atoms with Crippen LogP contribution in [0.25, 0.3) is 10.8 Å². The number of rotatable bonds is 3. The molecule has 0 spiro atoms. The third-order valence-electron chi connectivity index (χ3n) is 5.62. The van der Waals surface area contributed by atoms with E-state index in [1.165, 1.54) is 4.90 Å². The number of benzene rings is 2. The highest BCUT2D eigenvalue weighted by molar-refractivity contribution is 7.80. The van der Waals surface area contributed by atoms with Crippen molar-refractivity contribution in [2.45, 2.75) is 13.8 Å². The van der Waals surface area contributed by atoms with Crippen molar-refractivity contribution in [3.8, 4) is 5.75 Å². The second-order valence-corrected chi connectivity index (χ2v) is 8.28. The van der Waals surface area contributed by atoms with Gasteiger partial charge in [0, 0.05) is 28.8 Å². The Morgan fingerprint density at radius 1 is 1.00 bits per heavy atom. The summed E-state index contributed by atoms with van der Waals surface area (Å²) in [6.07, 6.45) is 0. The van der Waals surface area contributed by atoms with Crippen LogP contribution in [0.2, 0.25) is 0 Å². The summed E-state index contributed by atoms with van der Waals surface area (Å²) in [5.74, 6) is 0.0376. The molecule has 2 heterocycles. The Hall–Kier alpha value is -3.28. The normalized spacial score (nSPS) is 13.3. The fraction of sp³-hybridized carbons (Fsp3) is 0.286. The van der Waals surface area contributed by atoms with E-state index in [1.54, 1.807) is 25.3 Å². The molecule has 170 valence electrons. The fourth-order valence-corrected chi connectivity index (χ4v) is 3.79. The summed E-state index contributed by atoms with van der Waals surface area (Å²) in [5, 5.41) is 1.43. The number of carbonyl (C=O) groups is 2. The minimum Gasteiger partial charge on any atom is -0.726 e. The minimum absolute atomic E-state index is 0.307. The Morgan fingerprint density at radius 3 is 2.03 bits per heavy atom. The van der Waals surface area contributed by atoms with E-state index in [9.17, 15) is 22.6 Å². The van der Waals surface area contributed by atoms with Gasteiger partial charge in [0.15, 0.2) is 7.05 Å². The van der Waals surface area contributed by atoms with Crippen molar-refractivity contribution in [3.05, 3.63) is 52.8 Å². The first-order valence-corrected chi connectivity index (χ1v) is 10.8. The maximum Gasteiger partial charge on any atom is 0.266 e. The maximum absolute atomic E-state index is 13.3. The van der Waals surface area contributed by atoms with E-state index in [2.05, 4.69) is 4.18 Å². The van der Waals surface area contributed by atoms with Crippen molar-refractivity contribution in [1.82, 2.24) is 4.68 Å². The number of methoxy groups -OCH3 is 1. The molecule has 2 amide bonds. The lowest BCUT2D eigenvalue weighted by atomic mass is 9.93. The number of imide groups is 1. The first-order chi connectivity index (χ1) is 14.9. The molecule has 3 aromatic rings. The zero-order valence-corrected chi connectivity index (χ0v) is 19.3. The van der Waals surface area contributed by atoms with Gasteiger partial charge in [-0.25, -0.2) is 13.3 Å². The fourth-order valence-electron chi connectivity index (χ4n) is 3.79. The van der Waals surface area contributed by atoms with Gasteiger partial charge in [0.2, 0.25) is 16.1 Å². The number of carbonyl (C=O) groups excluding carboxylic acids is 2. The highest BCUT2D eigenvalue weighted by atomic mass is 32.3. The molecule has 0 bridgehead atoms. The zero-order valence-electron chi connectivity index (χ0n) is 18.5. The van der Waals surface area contributed by atoms with Crippen molar-refractivity contribution in [3.63, 3.8) is 0 Å². The highest BCUT2D eigenvalue weighted by Crippen LogP contribution is 2.38. The van der Waals surface area contributed by atoms with Crippen LogP contribution in [0.1, 0.15) is 32.1 Å². The number of nitrogens with zero attached hydrogens (tertiary/aromatic N) is 3. The van der Waals surface area contributed by atoms with Crippen LogP contribution in [-0.4, -0.2) is 43.7 Å². The van der Waals surface area contributed by atoms with Crippen LogP contribution in [0.4, 0.5) is 5.69 Å². The van der Waals surface area contributed by atoms with E-state index in [-0.39, 0.29) is 11.8 Å². The lowest BCUT2D eigenvalue weighted by molar-refractivity contribution is -0.756. The van der Waals surface area contributed by atoms with Crippen molar-refractivity contribution < 1.29 is 36.2 Å². The topological polar surface area (TPSA) is 122 Å². The summed E-state index contributed by atoms with van der Waals surface area (Å²) in [4.78, 5) is 27.9. The molecule has 10 nitrogen and oxygen atoms in total. The van der Waals surface area contributed by atoms with Gasteiger partial charge in [-0.15, -0.1) is 4.68 Å². The molecule has 0 saturated carbocycles. The van der Waals surface area contributed by atoms with E-state index >= 15 is 0 Å². The predicted octanol–water partition coefficient (Wildman–Crippen LogP) is 1.52. The monoisotopic (exact) mass is 461 g/mol. The van der Waals surface area contributed by atoms with Crippen LogP contribution in [0.3, 0.4) is 0 Å². The number of hydrogen-bond acceptors (Lipinski definition) is 7. The highest BCUT2D eigenvalue weighted by Gasteiger charge is 2.39. The molecular formula is C21H23N3O7S. The lowest BCUT2D eigenvalue weighted by Gasteiger charge is -2.26. The summed E-state index contributed by atoms with van der Waals surface area (Å²) in [6, 6.07) is 8.97. The van der Waals surface area contributed by atoms with Gasteiger partial charge in [-0.3, -0.25) is 13.8 Å². The number of hydrogen-bond donors (Lipinski definition) is 0. The Morgan fingerprint density at radius 2 is 1.56 bits per heavy atom. The van der Waals surface area contributed by atoms with Gasteiger partial charge in [0.1, 0.15) is 17.1 Å². The molecule has 0 saturated heterocycles. The van der Waals surface area contributed by atoms with Crippen LogP contribution < -0.4 is 14.3 Å². The van der Waals surface area contributed by atoms with Gasteiger partial charge in [-0.2, -0.15) is 4.68 Å².